The van der Waals surface area contributed by atoms with E-state index in [1.807, 2.05) is 36.4 Å². The predicted molar refractivity (Wildman–Crippen MR) is 242 cm³/mol. The van der Waals surface area contributed by atoms with E-state index in [-0.39, 0.29) is 24.8 Å². The summed E-state index contributed by atoms with van der Waals surface area (Å²) in [4.78, 5) is 0. The molecule has 56 heavy (non-hydrogen) atoms. The second kappa shape index (κ2) is 24.4. The van der Waals surface area contributed by atoms with Crippen LogP contribution in [0.1, 0.15) is 71.9 Å². The van der Waals surface area contributed by atoms with Crippen LogP contribution < -0.4 is 0 Å². The molecule has 5 aliphatic rings. The van der Waals surface area contributed by atoms with Gasteiger partial charge in [0, 0.05) is 0 Å². The molecule has 0 aliphatic heterocycles. The molecule has 0 N–H and O–H groups in total. The van der Waals surface area contributed by atoms with E-state index in [4.69, 9.17) is 0 Å². The van der Waals surface area contributed by atoms with Crippen LogP contribution in [0.15, 0.2) is 193 Å². The van der Waals surface area contributed by atoms with Crippen molar-refractivity contribution in [2.75, 3.05) is 0 Å². The zero-order chi connectivity index (χ0) is 37.2. The van der Waals surface area contributed by atoms with E-state index in [9.17, 15) is 0 Å². The number of halogens is 2. The number of fused-ring (bicyclic) bond motifs is 6. The van der Waals surface area contributed by atoms with Gasteiger partial charge in [0.25, 0.3) is 0 Å². The molecule has 1 fully saturated rings. The third-order valence-electron chi connectivity index (χ3n) is 10.4. The Balaban J connectivity index is 0.000000175. The maximum atomic E-state index is 3.34. The van der Waals surface area contributed by atoms with E-state index in [0.717, 1.165) is 24.7 Å². The summed E-state index contributed by atoms with van der Waals surface area (Å²) in [6.07, 6.45) is 29.6. The molecule has 2 unspecified atom stereocenters. The Morgan fingerprint density at radius 2 is 1.12 bits per heavy atom. The molecule has 286 valence electrons. The van der Waals surface area contributed by atoms with Crippen LogP contribution in [0.2, 0.25) is 0 Å². The molecular weight excluding hydrogens is 799 g/mol. The van der Waals surface area contributed by atoms with Crippen molar-refractivity contribution < 1.29 is 24.2 Å². The molecule has 1 saturated carbocycles. The minimum Gasteiger partial charge on any atom is -0.126 e. The number of rotatable bonds is 4. The second-order valence-electron chi connectivity index (χ2n) is 13.9. The summed E-state index contributed by atoms with van der Waals surface area (Å²) in [5, 5.41) is 0. The Labute approximate surface area is 364 Å². The Bertz CT molecular complexity index is 1880. The maximum absolute atomic E-state index is 3.34. The van der Waals surface area contributed by atoms with Gasteiger partial charge in [-0.15, -0.1) is 121 Å². The van der Waals surface area contributed by atoms with Gasteiger partial charge < -0.3 is 0 Å². The van der Waals surface area contributed by atoms with E-state index in [0.29, 0.717) is 0 Å². The van der Waals surface area contributed by atoms with E-state index >= 15 is 0 Å². The molecule has 0 heterocycles. The number of hydrogen-bond donors (Lipinski definition) is 0. The predicted octanol–water partition coefficient (Wildman–Crippen LogP) is 14.0. The fourth-order valence-electron chi connectivity index (χ4n) is 7.98. The Morgan fingerprint density at radius 1 is 0.607 bits per heavy atom. The van der Waals surface area contributed by atoms with Gasteiger partial charge >= 0.3 is 28.4 Å². The van der Waals surface area contributed by atoms with Crippen LogP contribution in [0.5, 0.6) is 0 Å². The third kappa shape index (κ3) is 12.4. The molecule has 0 radical (unpaired) electrons. The van der Waals surface area contributed by atoms with Gasteiger partial charge in [-0.05, 0) is 36.7 Å². The molecule has 5 aliphatic carbocycles. The van der Waals surface area contributed by atoms with Crippen LogP contribution in [0.3, 0.4) is 0 Å². The van der Waals surface area contributed by atoms with Crippen LogP contribution in [-0.2, 0) is 30.7 Å². The largest absolute Gasteiger partial charge is 0.126 e. The van der Waals surface area contributed by atoms with Gasteiger partial charge in [-0.1, -0.05) is 139 Å². The number of benzene rings is 5. The monoisotopic (exact) mass is 848 g/mol. The zero-order valence-electron chi connectivity index (χ0n) is 32.1. The first-order valence-electron chi connectivity index (χ1n) is 19.4. The summed E-state index contributed by atoms with van der Waals surface area (Å²) in [7, 11) is 0. The Hall–Kier alpha value is -4.26. The van der Waals surface area contributed by atoms with Crippen molar-refractivity contribution in [3.05, 3.63) is 251 Å². The molecule has 5 aromatic carbocycles. The molecule has 2 atom stereocenters. The van der Waals surface area contributed by atoms with Gasteiger partial charge in [0.05, 0.1) is 0 Å². The topological polar surface area (TPSA) is 0 Å². The summed E-state index contributed by atoms with van der Waals surface area (Å²) < 4.78 is 3.34. The zero-order valence-corrected chi connectivity index (χ0v) is 36.2. The molecule has 0 bridgehead atoms. The fraction of sp³-hybridized carbons (Fsp3) is 0.170. The van der Waals surface area contributed by atoms with E-state index < -0.39 is 0 Å². The molecule has 10 rings (SSSR count). The summed E-state index contributed by atoms with van der Waals surface area (Å²) in [5.41, 5.74) is 14.7. The molecular formula is C53H52Cl2Zr-4. The SMILES string of the molecule is C1=CC2=C3C(=C4[CH-]CCCC4C2CC1)Cc1ccccc13.Cl.Cl.[C-]1=CC=CC1.[CH2]=[Zr].c1ccc([CH-]c2ccccc2)cc1.c1ccc([CH-]c2ccccc2)cc1. The summed E-state index contributed by atoms with van der Waals surface area (Å²) in [6, 6.07) is 50.4. The van der Waals surface area contributed by atoms with Crippen molar-refractivity contribution in [2.45, 2.75) is 44.9 Å². The van der Waals surface area contributed by atoms with Crippen LogP contribution in [-0.4, -0.2) is 4.21 Å². The van der Waals surface area contributed by atoms with Crippen LogP contribution >= 0.6 is 24.8 Å². The average Bonchev–Trinajstić information content (AvgIpc) is 3.97. The molecule has 0 amide bonds. The number of hydrogen-bond acceptors (Lipinski definition) is 0. The standard InChI is InChI=1S/C21H21.2C13H11.C5H5.CH2.2ClH.Zr/c1-2-8-15-14(7-1)13-20-18-11-4-3-9-16(18)17-10-5-6-12-19(17)21(15)20;2*1-3-7-12(8-4-1)11-13-9-5-2-6-10-13;1-2-4-5-3-1;;;;/h1-2,6-8,11-12,16-17H,3-5,9-10,13H2;2*1-11H;1-3H,4H2;1H2;2*1H;/q4*-1;;;;. The smallest absolute Gasteiger partial charge is 0.0771 e. The van der Waals surface area contributed by atoms with Crippen LogP contribution in [0.4, 0.5) is 0 Å². The van der Waals surface area contributed by atoms with Crippen molar-refractivity contribution in [2.24, 2.45) is 11.8 Å². The van der Waals surface area contributed by atoms with Crippen molar-refractivity contribution in [1.82, 2.24) is 0 Å². The molecule has 5 aromatic rings. The van der Waals surface area contributed by atoms with Gasteiger partial charge in [0.1, 0.15) is 0 Å². The molecule has 3 heteroatoms. The number of allylic oxidation sites excluding steroid dienone is 10. The van der Waals surface area contributed by atoms with E-state index in [2.05, 4.69) is 169 Å². The normalized spacial score (nSPS) is 17.1. The van der Waals surface area contributed by atoms with Crippen LogP contribution in [0, 0.1) is 37.2 Å². The third-order valence-corrected chi connectivity index (χ3v) is 10.4. The quantitative estimate of drug-likeness (QED) is 0.158. The van der Waals surface area contributed by atoms with Gasteiger partial charge in [-0.2, -0.15) is 11.6 Å². The minimum atomic E-state index is 0. The van der Waals surface area contributed by atoms with Gasteiger partial charge in [-0.25, -0.2) is 24.1 Å². The van der Waals surface area contributed by atoms with Gasteiger partial charge in [0.15, 0.2) is 0 Å². The van der Waals surface area contributed by atoms with Crippen molar-refractivity contribution in [3.8, 4) is 0 Å². The van der Waals surface area contributed by atoms with E-state index in [1.54, 1.807) is 27.9 Å². The fourth-order valence-corrected chi connectivity index (χ4v) is 7.98. The molecule has 0 spiro atoms. The first-order chi connectivity index (χ1) is 26.8. The Kier molecular flexibility index (Phi) is 19.4. The summed E-state index contributed by atoms with van der Waals surface area (Å²) in [5.74, 6) is 1.60. The Morgan fingerprint density at radius 3 is 1.61 bits per heavy atom. The van der Waals surface area contributed by atoms with Crippen LogP contribution in [0.25, 0.3) is 5.57 Å². The van der Waals surface area contributed by atoms with Gasteiger partial charge in [0.2, 0.25) is 0 Å². The summed E-state index contributed by atoms with van der Waals surface area (Å²) in [6.45, 7) is 0. The van der Waals surface area contributed by atoms with Crippen molar-refractivity contribution in [1.29, 1.82) is 0 Å². The van der Waals surface area contributed by atoms with Gasteiger partial charge in [-0.3, -0.25) is 6.08 Å². The summed E-state index contributed by atoms with van der Waals surface area (Å²) >= 11 is 1.30. The van der Waals surface area contributed by atoms with Crippen molar-refractivity contribution in [3.63, 3.8) is 0 Å². The average molecular weight is 851 g/mol. The minimum absolute atomic E-state index is 0. The first-order valence-corrected chi connectivity index (χ1v) is 21.1. The molecule has 0 aromatic heterocycles. The second-order valence-corrected chi connectivity index (χ2v) is 13.9. The molecule has 0 nitrogen and oxygen atoms in total. The van der Waals surface area contributed by atoms with E-state index in [1.165, 1.54) is 84.2 Å². The van der Waals surface area contributed by atoms with Crippen molar-refractivity contribution >= 4 is 34.6 Å². The molecule has 0 saturated heterocycles. The maximum Gasteiger partial charge on any atom is -0.0771 e. The first kappa shape index (κ1) is 44.5.